The smallest absolute Gasteiger partial charge is 0.228 e. The van der Waals surface area contributed by atoms with Gasteiger partial charge >= 0.3 is 0 Å². The lowest BCUT2D eigenvalue weighted by atomic mass is 9.97. The first-order valence-electron chi connectivity index (χ1n) is 9.08. The SMILES string of the molecule is Nc1ccc2c(c1)CN(C(=O)C1CC(=O)N(Cc3ccccc3)C1)CC2. The van der Waals surface area contributed by atoms with Gasteiger partial charge in [-0.25, -0.2) is 0 Å². The first-order valence-corrected chi connectivity index (χ1v) is 9.08. The molecule has 0 spiro atoms. The van der Waals surface area contributed by atoms with Gasteiger partial charge in [0, 0.05) is 38.3 Å². The van der Waals surface area contributed by atoms with Gasteiger partial charge in [0.1, 0.15) is 0 Å². The fourth-order valence-corrected chi connectivity index (χ4v) is 3.92. The average Bonchev–Trinajstić information content (AvgIpc) is 3.02. The second-order valence-corrected chi connectivity index (χ2v) is 7.20. The topological polar surface area (TPSA) is 66.6 Å². The third-order valence-corrected chi connectivity index (χ3v) is 5.33. The summed E-state index contributed by atoms with van der Waals surface area (Å²) in [5.74, 6) is -0.0929. The highest BCUT2D eigenvalue weighted by atomic mass is 16.2. The number of carbonyl (C=O) groups is 2. The Morgan fingerprint density at radius 1 is 1.12 bits per heavy atom. The first-order chi connectivity index (χ1) is 12.6. The summed E-state index contributed by atoms with van der Waals surface area (Å²) in [5, 5.41) is 0. The number of nitrogens with two attached hydrogens (primary N) is 1. The molecule has 0 radical (unpaired) electrons. The summed E-state index contributed by atoms with van der Waals surface area (Å²) in [6.07, 6.45) is 1.15. The van der Waals surface area contributed by atoms with Crippen LogP contribution in [0, 0.1) is 5.92 Å². The molecular formula is C21H23N3O2. The molecule has 1 fully saturated rings. The van der Waals surface area contributed by atoms with Gasteiger partial charge < -0.3 is 15.5 Å². The lowest BCUT2D eigenvalue weighted by Crippen LogP contribution is -2.40. The van der Waals surface area contributed by atoms with Crippen molar-refractivity contribution in [1.29, 1.82) is 0 Å². The molecule has 2 aliphatic heterocycles. The van der Waals surface area contributed by atoms with E-state index < -0.39 is 0 Å². The molecule has 1 unspecified atom stereocenters. The number of amides is 2. The van der Waals surface area contributed by atoms with Gasteiger partial charge in [-0.1, -0.05) is 36.4 Å². The van der Waals surface area contributed by atoms with Crippen molar-refractivity contribution >= 4 is 17.5 Å². The number of nitrogen functional groups attached to an aromatic ring is 1. The molecule has 5 heteroatoms. The molecule has 2 heterocycles. The predicted octanol–water partition coefficient (Wildman–Crippen LogP) is 2.20. The van der Waals surface area contributed by atoms with Gasteiger partial charge in [0.25, 0.3) is 0 Å². The van der Waals surface area contributed by atoms with Crippen molar-refractivity contribution in [2.45, 2.75) is 25.9 Å². The Morgan fingerprint density at radius 3 is 2.73 bits per heavy atom. The van der Waals surface area contributed by atoms with Crippen LogP contribution in [0.25, 0.3) is 0 Å². The highest BCUT2D eigenvalue weighted by molar-refractivity contribution is 5.89. The number of hydrogen-bond acceptors (Lipinski definition) is 3. The summed E-state index contributed by atoms with van der Waals surface area (Å²) < 4.78 is 0. The molecule has 2 amide bonds. The second kappa shape index (κ2) is 6.83. The van der Waals surface area contributed by atoms with Gasteiger partial charge in [-0.3, -0.25) is 9.59 Å². The molecule has 2 N–H and O–H groups in total. The molecule has 0 aliphatic carbocycles. The summed E-state index contributed by atoms with van der Waals surface area (Å²) in [4.78, 5) is 29.0. The number of nitrogens with zero attached hydrogens (tertiary/aromatic N) is 2. The lowest BCUT2D eigenvalue weighted by Gasteiger charge is -2.31. The quantitative estimate of drug-likeness (QED) is 0.864. The van der Waals surface area contributed by atoms with E-state index >= 15 is 0 Å². The maximum Gasteiger partial charge on any atom is 0.228 e. The van der Waals surface area contributed by atoms with E-state index in [9.17, 15) is 9.59 Å². The Balaban J connectivity index is 1.42. The number of likely N-dealkylation sites (tertiary alicyclic amines) is 1. The fraction of sp³-hybridized carbons (Fsp3) is 0.333. The normalized spacial score (nSPS) is 19.5. The standard InChI is InChI=1S/C21H23N3O2/c22-19-7-6-16-8-9-23(13-17(16)10-19)21(26)18-11-20(25)24(14-18)12-15-4-2-1-3-5-15/h1-7,10,18H,8-9,11-14,22H2. The van der Waals surface area contributed by atoms with E-state index in [1.807, 2.05) is 53.4 Å². The molecule has 2 aliphatic rings. The van der Waals surface area contributed by atoms with E-state index in [2.05, 4.69) is 0 Å². The molecule has 5 nitrogen and oxygen atoms in total. The number of fused-ring (bicyclic) bond motifs is 1. The van der Waals surface area contributed by atoms with Gasteiger partial charge in [-0.05, 0) is 35.2 Å². The van der Waals surface area contributed by atoms with Crippen molar-refractivity contribution in [3.63, 3.8) is 0 Å². The Bertz CT molecular complexity index is 834. The van der Waals surface area contributed by atoms with Crippen LogP contribution in [-0.4, -0.2) is 34.7 Å². The zero-order valence-corrected chi connectivity index (χ0v) is 14.7. The van der Waals surface area contributed by atoms with E-state index in [1.54, 1.807) is 4.90 Å². The molecule has 134 valence electrons. The van der Waals surface area contributed by atoms with E-state index in [0.29, 0.717) is 32.6 Å². The third-order valence-electron chi connectivity index (χ3n) is 5.33. The number of benzene rings is 2. The molecule has 0 aromatic heterocycles. The zero-order chi connectivity index (χ0) is 18.1. The van der Waals surface area contributed by atoms with Crippen LogP contribution >= 0.6 is 0 Å². The van der Waals surface area contributed by atoms with Crippen LogP contribution in [0.3, 0.4) is 0 Å². The molecule has 1 saturated heterocycles. The summed E-state index contributed by atoms with van der Waals surface area (Å²) in [5.41, 5.74) is 10.1. The summed E-state index contributed by atoms with van der Waals surface area (Å²) in [6, 6.07) is 15.8. The summed E-state index contributed by atoms with van der Waals surface area (Å²) >= 11 is 0. The molecule has 4 rings (SSSR count). The maximum atomic E-state index is 13.0. The highest BCUT2D eigenvalue weighted by Crippen LogP contribution is 2.26. The molecule has 0 saturated carbocycles. The van der Waals surface area contributed by atoms with Crippen LogP contribution in [0.15, 0.2) is 48.5 Å². The number of hydrogen-bond donors (Lipinski definition) is 1. The van der Waals surface area contributed by atoms with Gasteiger partial charge in [0.15, 0.2) is 0 Å². The van der Waals surface area contributed by atoms with Crippen molar-refractivity contribution in [3.8, 4) is 0 Å². The predicted molar refractivity (Wildman–Crippen MR) is 99.9 cm³/mol. The van der Waals surface area contributed by atoms with Crippen LogP contribution in [0.4, 0.5) is 5.69 Å². The van der Waals surface area contributed by atoms with E-state index in [-0.39, 0.29) is 17.7 Å². The van der Waals surface area contributed by atoms with E-state index in [4.69, 9.17) is 5.73 Å². The van der Waals surface area contributed by atoms with Crippen LogP contribution in [-0.2, 0) is 29.1 Å². The summed E-state index contributed by atoms with van der Waals surface area (Å²) in [6.45, 7) is 2.37. The molecular weight excluding hydrogens is 326 g/mol. The van der Waals surface area contributed by atoms with Crippen molar-refractivity contribution < 1.29 is 9.59 Å². The third kappa shape index (κ3) is 3.29. The Hall–Kier alpha value is -2.82. The van der Waals surface area contributed by atoms with Crippen molar-refractivity contribution in [1.82, 2.24) is 9.80 Å². The molecule has 1 atom stereocenters. The Kier molecular flexibility index (Phi) is 4.37. The van der Waals surface area contributed by atoms with Gasteiger partial charge in [-0.2, -0.15) is 0 Å². The van der Waals surface area contributed by atoms with Gasteiger partial charge in [-0.15, -0.1) is 0 Å². The average molecular weight is 349 g/mol. The van der Waals surface area contributed by atoms with Crippen molar-refractivity contribution in [2.24, 2.45) is 5.92 Å². The maximum absolute atomic E-state index is 13.0. The minimum absolute atomic E-state index is 0.0638. The summed E-state index contributed by atoms with van der Waals surface area (Å²) in [7, 11) is 0. The minimum Gasteiger partial charge on any atom is -0.399 e. The Morgan fingerprint density at radius 2 is 1.92 bits per heavy atom. The van der Waals surface area contributed by atoms with Crippen LogP contribution in [0.5, 0.6) is 0 Å². The monoisotopic (exact) mass is 349 g/mol. The van der Waals surface area contributed by atoms with Crippen molar-refractivity contribution in [2.75, 3.05) is 18.8 Å². The largest absolute Gasteiger partial charge is 0.399 e. The lowest BCUT2D eigenvalue weighted by molar-refractivity contribution is -0.136. The number of carbonyl (C=O) groups excluding carboxylic acids is 2. The minimum atomic E-state index is -0.242. The van der Waals surface area contributed by atoms with Crippen molar-refractivity contribution in [3.05, 3.63) is 65.2 Å². The fourth-order valence-electron chi connectivity index (χ4n) is 3.92. The van der Waals surface area contributed by atoms with Gasteiger partial charge in [0.05, 0.1) is 5.92 Å². The van der Waals surface area contributed by atoms with E-state index in [0.717, 1.165) is 23.2 Å². The van der Waals surface area contributed by atoms with Crippen LogP contribution in [0.2, 0.25) is 0 Å². The molecule has 2 aromatic rings. The zero-order valence-electron chi connectivity index (χ0n) is 14.7. The second-order valence-electron chi connectivity index (χ2n) is 7.20. The van der Waals surface area contributed by atoms with Crippen LogP contribution in [0.1, 0.15) is 23.1 Å². The number of rotatable bonds is 3. The molecule has 26 heavy (non-hydrogen) atoms. The van der Waals surface area contributed by atoms with Gasteiger partial charge in [0.2, 0.25) is 11.8 Å². The first kappa shape index (κ1) is 16.6. The van der Waals surface area contributed by atoms with E-state index in [1.165, 1.54) is 5.56 Å². The molecule has 0 bridgehead atoms. The molecule has 2 aromatic carbocycles. The number of anilines is 1. The Labute approximate surface area is 153 Å². The highest BCUT2D eigenvalue weighted by Gasteiger charge is 2.37. The van der Waals surface area contributed by atoms with Crippen LogP contribution < -0.4 is 5.73 Å².